The van der Waals surface area contributed by atoms with E-state index in [0.29, 0.717) is 6.61 Å². The Morgan fingerprint density at radius 1 is 1.04 bits per heavy atom. The minimum atomic E-state index is 0.0177. The van der Waals surface area contributed by atoms with Crippen LogP contribution in [0.15, 0.2) is 67.0 Å². The van der Waals surface area contributed by atoms with Crippen molar-refractivity contribution in [2.45, 2.75) is 12.6 Å². The van der Waals surface area contributed by atoms with Gasteiger partial charge in [-0.15, -0.1) is 0 Å². The van der Waals surface area contributed by atoms with E-state index in [1.165, 1.54) is 0 Å². The van der Waals surface area contributed by atoms with Gasteiger partial charge in [0, 0.05) is 24.8 Å². The third kappa shape index (κ3) is 3.26. The van der Waals surface area contributed by atoms with E-state index in [-0.39, 0.29) is 6.10 Å². The predicted molar refractivity (Wildman–Crippen MR) is 91.6 cm³/mol. The van der Waals surface area contributed by atoms with E-state index >= 15 is 0 Å². The third-order valence-corrected chi connectivity index (χ3v) is 3.93. The molecular formula is C19H19N3O2. The van der Waals surface area contributed by atoms with Gasteiger partial charge in [0.2, 0.25) is 0 Å². The Morgan fingerprint density at radius 3 is 2.71 bits per heavy atom. The van der Waals surface area contributed by atoms with Crippen LogP contribution in [-0.4, -0.2) is 29.0 Å². The maximum Gasteiger partial charge on any atom is 0.161 e. The highest BCUT2D eigenvalue weighted by atomic mass is 16.6. The molecule has 0 unspecified atom stereocenters. The SMILES string of the molecule is c1ccc(-n2cc(CNC[C@H]3COc4ccccc4O3)cn2)cc1. The average Bonchev–Trinajstić information content (AvgIpc) is 3.11. The van der Waals surface area contributed by atoms with Gasteiger partial charge in [0.1, 0.15) is 12.7 Å². The first-order chi connectivity index (χ1) is 11.9. The standard InChI is InChI=1S/C19H19N3O2/c1-2-6-16(7-3-1)22-13-15(11-21-22)10-20-12-17-14-23-18-8-4-5-9-19(18)24-17/h1-9,11,13,17,20H,10,12,14H2/t17-/m0/s1. The molecule has 1 aliphatic rings. The van der Waals surface area contributed by atoms with Crippen molar-refractivity contribution < 1.29 is 9.47 Å². The van der Waals surface area contributed by atoms with Crippen LogP contribution in [0.2, 0.25) is 0 Å². The maximum absolute atomic E-state index is 5.94. The smallest absolute Gasteiger partial charge is 0.161 e. The van der Waals surface area contributed by atoms with Crippen LogP contribution in [0, 0.1) is 0 Å². The van der Waals surface area contributed by atoms with Crippen molar-refractivity contribution in [1.82, 2.24) is 15.1 Å². The molecule has 2 aromatic carbocycles. The Morgan fingerprint density at radius 2 is 1.83 bits per heavy atom. The second-order valence-corrected chi connectivity index (χ2v) is 5.76. The summed E-state index contributed by atoms with van der Waals surface area (Å²) < 4.78 is 13.5. The molecule has 0 radical (unpaired) electrons. The highest BCUT2D eigenvalue weighted by Gasteiger charge is 2.19. The number of nitrogens with one attached hydrogen (secondary N) is 1. The molecule has 1 N–H and O–H groups in total. The molecule has 0 aliphatic carbocycles. The molecule has 0 saturated carbocycles. The highest BCUT2D eigenvalue weighted by molar-refractivity contribution is 5.40. The van der Waals surface area contributed by atoms with Gasteiger partial charge in [-0.1, -0.05) is 30.3 Å². The first-order valence-corrected chi connectivity index (χ1v) is 8.07. The van der Waals surface area contributed by atoms with Crippen LogP contribution in [0.5, 0.6) is 11.5 Å². The summed E-state index contributed by atoms with van der Waals surface area (Å²) in [7, 11) is 0. The Kier molecular flexibility index (Phi) is 4.16. The molecule has 0 spiro atoms. The normalized spacial score (nSPS) is 16.1. The lowest BCUT2D eigenvalue weighted by Gasteiger charge is -2.26. The molecule has 1 aromatic heterocycles. The predicted octanol–water partition coefficient (Wildman–Crippen LogP) is 2.80. The Balaban J connectivity index is 1.30. The lowest BCUT2D eigenvalue weighted by Crippen LogP contribution is -2.38. The first-order valence-electron chi connectivity index (χ1n) is 8.07. The monoisotopic (exact) mass is 321 g/mol. The summed E-state index contributed by atoms with van der Waals surface area (Å²) in [4.78, 5) is 0. The van der Waals surface area contributed by atoms with Gasteiger partial charge in [0.05, 0.1) is 11.9 Å². The number of rotatable bonds is 5. The molecular weight excluding hydrogens is 302 g/mol. The second-order valence-electron chi connectivity index (χ2n) is 5.76. The Hall–Kier alpha value is -2.79. The Labute approximate surface area is 140 Å². The second kappa shape index (κ2) is 6.76. The van der Waals surface area contributed by atoms with E-state index in [1.54, 1.807) is 0 Å². The number of aromatic nitrogens is 2. The Bertz CT molecular complexity index is 801. The zero-order valence-corrected chi connectivity index (χ0v) is 13.3. The number of nitrogens with zero attached hydrogens (tertiary/aromatic N) is 2. The minimum absolute atomic E-state index is 0.0177. The van der Waals surface area contributed by atoms with Crippen molar-refractivity contribution in [1.29, 1.82) is 0 Å². The maximum atomic E-state index is 5.94. The molecule has 5 nitrogen and oxygen atoms in total. The summed E-state index contributed by atoms with van der Waals surface area (Å²) in [6, 6.07) is 17.9. The van der Waals surface area contributed by atoms with E-state index in [1.807, 2.05) is 71.7 Å². The summed E-state index contributed by atoms with van der Waals surface area (Å²) in [5.74, 6) is 1.63. The number of hydrogen-bond donors (Lipinski definition) is 1. The summed E-state index contributed by atoms with van der Waals surface area (Å²) in [5, 5.41) is 7.81. The number of hydrogen-bond acceptors (Lipinski definition) is 4. The van der Waals surface area contributed by atoms with Gasteiger partial charge >= 0.3 is 0 Å². The van der Waals surface area contributed by atoms with E-state index in [2.05, 4.69) is 10.4 Å². The molecule has 2 heterocycles. The molecule has 1 atom stereocenters. The van der Waals surface area contributed by atoms with E-state index < -0.39 is 0 Å². The summed E-state index contributed by atoms with van der Waals surface area (Å²) in [5.41, 5.74) is 2.19. The average molecular weight is 321 g/mol. The van der Waals surface area contributed by atoms with Crippen LogP contribution in [0.3, 0.4) is 0 Å². The van der Waals surface area contributed by atoms with Crippen LogP contribution in [-0.2, 0) is 6.54 Å². The van der Waals surface area contributed by atoms with Crippen LogP contribution in [0.1, 0.15) is 5.56 Å². The number of benzene rings is 2. The molecule has 1 aliphatic heterocycles. The van der Waals surface area contributed by atoms with E-state index in [4.69, 9.17) is 9.47 Å². The van der Waals surface area contributed by atoms with E-state index in [9.17, 15) is 0 Å². The van der Waals surface area contributed by atoms with E-state index in [0.717, 1.165) is 35.8 Å². The van der Waals surface area contributed by atoms with Crippen LogP contribution < -0.4 is 14.8 Å². The zero-order chi connectivity index (χ0) is 16.2. The fourth-order valence-corrected chi connectivity index (χ4v) is 2.71. The molecule has 5 heteroatoms. The molecule has 4 rings (SSSR count). The third-order valence-electron chi connectivity index (χ3n) is 3.93. The van der Waals surface area contributed by atoms with Gasteiger partial charge in [0.25, 0.3) is 0 Å². The molecule has 0 bridgehead atoms. The molecule has 0 amide bonds. The van der Waals surface area contributed by atoms with Gasteiger partial charge in [0.15, 0.2) is 11.5 Å². The summed E-state index contributed by atoms with van der Waals surface area (Å²) >= 11 is 0. The van der Waals surface area contributed by atoms with Crippen molar-refractivity contribution in [2.75, 3.05) is 13.2 Å². The molecule has 0 fully saturated rings. The van der Waals surface area contributed by atoms with Crippen LogP contribution in [0.25, 0.3) is 5.69 Å². The number of ether oxygens (including phenoxy) is 2. The fraction of sp³-hybridized carbons (Fsp3) is 0.211. The largest absolute Gasteiger partial charge is 0.486 e. The van der Waals surface area contributed by atoms with Gasteiger partial charge in [-0.2, -0.15) is 5.10 Å². The molecule has 0 saturated heterocycles. The van der Waals surface area contributed by atoms with Gasteiger partial charge in [-0.25, -0.2) is 4.68 Å². The van der Waals surface area contributed by atoms with Crippen molar-refractivity contribution >= 4 is 0 Å². The van der Waals surface area contributed by atoms with Crippen molar-refractivity contribution in [3.63, 3.8) is 0 Å². The van der Waals surface area contributed by atoms with Crippen molar-refractivity contribution in [3.8, 4) is 17.2 Å². The van der Waals surface area contributed by atoms with Crippen LogP contribution in [0.4, 0.5) is 0 Å². The fourth-order valence-electron chi connectivity index (χ4n) is 2.71. The molecule has 122 valence electrons. The first kappa shape index (κ1) is 14.8. The van der Waals surface area contributed by atoms with Gasteiger partial charge in [-0.3, -0.25) is 0 Å². The van der Waals surface area contributed by atoms with Crippen molar-refractivity contribution in [3.05, 3.63) is 72.6 Å². The summed E-state index contributed by atoms with van der Waals surface area (Å²) in [6.07, 6.45) is 3.94. The summed E-state index contributed by atoms with van der Waals surface area (Å²) in [6.45, 7) is 2.03. The molecule has 24 heavy (non-hydrogen) atoms. The topological polar surface area (TPSA) is 48.3 Å². The number of fused-ring (bicyclic) bond motifs is 1. The zero-order valence-electron chi connectivity index (χ0n) is 13.3. The quantitative estimate of drug-likeness (QED) is 0.785. The van der Waals surface area contributed by atoms with Crippen molar-refractivity contribution in [2.24, 2.45) is 0 Å². The lowest BCUT2D eigenvalue weighted by atomic mass is 10.2. The van der Waals surface area contributed by atoms with Gasteiger partial charge < -0.3 is 14.8 Å². The van der Waals surface area contributed by atoms with Gasteiger partial charge in [-0.05, 0) is 24.3 Å². The lowest BCUT2D eigenvalue weighted by molar-refractivity contribution is 0.0902. The minimum Gasteiger partial charge on any atom is -0.486 e. The number of para-hydroxylation sites is 3. The van der Waals surface area contributed by atoms with Crippen LogP contribution >= 0.6 is 0 Å². The highest BCUT2D eigenvalue weighted by Crippen LogP contribution is 2.30. The molecule has 3 aromatic rings.